The molecule has 1 aliphatic heterocycles. The van der Waals surface area contributed by atoms with Crippen LogP contribution in [0.5, 0.6) is 0 Å². The van der Waals surface area contributed by atoms with Gasteiger partial charge in [-0.25, -0.2) is 17.5 Å². The SMILES string of the molecule is CCCCNC(=O)C(=O)C(CCCC)NC(=O)[C@@H]1[C@@H]2[C@H](CN1C(=O)[C@@H](NC(=O)N[C@H](CN(C)S(C)(=O)=O)C(C)(C)C)C1Cc3ccccc3C1)C2(C)C. The Balaban J connectivity index is 1.61. The lowest BCUT2D eigenvalue weighted by Gasteiger charge is -2.37. The van der Waals surface area contributed by atoms with Gasteiger partial charge < -0.3 is 26.2 Å². The van der Waals surface area contributed by atoms with E-state index in [1.807, 2.05) is 58.9 Å². The second-order valence-electron chi connectivity index (χ2n) is 17.1. The molecule has 0 bridgehead atoms. The summed E-state index contributed by atoms with van der Waals surface area (Å²) in [5, 5.41) is 11.5. The molecule has 6 atom stereocenters. The van der Waals surface area contributed by atoms with Crippen LogP contribution in [0, 0.1) is 28.6 Å². The second kappa shape index (κ2) is 16.9. The Labute approximate surface area is 316 Å². The number of likely N-dealkylation sites (N-methyl/N-ethyl adjacent to an activating group) is 1. The molecule has 1 aromatic rings. The maximum absolute atomic E-state index is 14.8. The maximum Gasteiger partial charge on any atom is 0.315 e. The highest BCUT2D eigenvalue weighted by Crippen LogP contribution is 2.65. The van der Waals surface area contributed by atoms with E-state index < -0.39 is 63.2 Å². The topological polar surface area (TPSA) is 174 Å². The average Bonchev–Trinajstić information content (AvgIpc) is 3.43. The second-order valence-corrected chi connectivity index (χ2v) is 19.2. The highest BCUT2D eigenvalue weighted by atomic mass is 32.2. The van der Waals surface area contributed by atoms with Crippen molar-refractivity contribution in [2.45, 2.75) is 118 Å². The van der Waals surface area contributed by atoms with Gasteiger partial charge in [-0.05, 0) is 65.4 Å². The first kappa shape index (κ1) is 42.2. The summed E-state index contributed by atoms with van der Waals surface area (Å²) in [5.74, 6) is -2.67. The van der Waals surface area contributed by atoms with Crippen LogP contribution in [-0.4, -0.2) is 104 Å². The van der Waals surface area contributed by atoms with Crippen molar-refractivity contribution in [3.63, 3.8) is 0 Å². The lowest BCUT2D eigenvalue weighted by atomic mass is 9.86. The number of fused-ring (bicyclic) bond motifs is 2. The van der Waals surface area contributed by atoms with E-state index in [-0.39, 0.29) is 35.6 Å². The maximum atomic E-state index is 14.8. The molecule has 14 heteroatoms. The van der Waals surface area contributed by atoms with Crippen molar-refractivity contribution < 1.29 is 32.4 Å². The number of likely N-dealkylation sites (tertiary alicyclic amines) is 1. The summed E-state index contributed by atoms with van der Waals surface area (Å²) < 4.78 is 25.7. The standard InChI is InChI=1S/C39H62N6O7S/c1-10-12-18-28(33(46)35(48)40-19-13-11-2)41-34(47)32-30-27(39(30,6)7)22-45(32)36(49)31(26-20-24-16-14-15-17-25(24)21-26)43-37(50)42-29(38(3,4)5)23-44(8)53(9,51)52/h14-17,26-32H,10-13,18-23H2,1-9H3,(H,40,48)(H,41,47)(H2,42,43,50)/t27-,28?,29+,30-,31-,32-/m0/s1. The number of rotatable bonds is 17. The Morgan fingerprint density at radius 1 is 0.962 bits per heavy atom. The van der Waals surface area contributed by atoms with Crippen LogP contribution < -0.4 is 21.3 Å². The first-order chi connectivity index (χ1) is 24.7. The molecular weight excluding hydrogens is 697 g/mol. The number of Topliss-reactive ketones (excluding diaryl/α,β-unsaturated/α-hetero) is 1. The highest BCUT2D eigenvalue weighted by Gasteiger charge is 2.69. The number of hydrogen-bond acceptors (Lipinski definition) is 7. The number of nitrogens with zero attached hydrogens (tertiary/aromatic N) is 2. The number of nitrogens with one attached hydrogen (secondary N) is 4. The molecule has 1 unspecified atom stereocenters. The predicted octanol–water partition coefficient (Wildman–Crippen LogP) is 3.02. The summed E-state index contributed by atoms with van der Waals surface area (Å²) in [4.78, 5) is 70.7. The first-order valence-electron chi connectivity index (χ1n) is 19.2. The molecule has 0 radical (unpaired) electrons. The van der Waals surface area contributed by atoms with Gasteiger partial charge in [-0.15, -0.1) is 0 Å². The van der Waals surface area contributed by atoms with Gasteiger partial charge in [0.2, 0.25) is 27.6 Å². The van der Waals surface area contributed by atoms with E-state index in [1.165, 1.54) is 11.4 Å². The van der Waals surface area contributed by atoms with Crippen LogP contribution in [0.25, 0.3) is 0 Å². The van der Waals surface area contributed by atoms with E-state index >= 15 is 0 Å². The summed E-state index contributed by atoms with van der Waals surface area (Å²) in [6.07, 6.45) is 5.50. The number of carbonyl (C=O) groups is 5. The monoisotopic (exact) mass is 758 g/mol. The molecule has 1 aromatic carbocycles. The summed E-state index contributed by atoms with van der Waals surface area (Å²) >= 11 is 0. The molecule has 13 nitrogen and oxygen atoms in total. The third-order valence-corrected chi connectivity index (χ3v) is 13.0. The zero-order valence-electron chi connectivity index (χ0n) is 33.1. The number of carbonyl (C=O) groups excluding carboxylic acids is 5. The Morgan fingerprint density at radius 2 is 1.57 bits per heavy atom. The van der Waals surface area contributed by atoms with Gasteiger partial charge in [0, 0.05) is 32.7 Å². The summed E-state index contributed by atoms with van der Waals surface area (Å²) in [5.41, 5.74) is 1.45. The van der Waals surface area contributed by atoms with Crippen molar-refractivity contribution in [1.29, 1.82) is 0 Å². The van der Waals surface area contributed by atoms with E-state index in [9.17, 15) is 32.4 Å². The van der Waals surface area contributed by atoms with Gasteiger partial charge in [0.1, 0.15) is 12.1 Å². The molecule has 0 aromatic heterocycles. The zero-order valence-corrected chi connectivity index (χ0v) is 33.9. The van der Waals surface area contributed by atoms with Crippen molar-refractivity contribution in [1.82, 2.24) is 30.5 Å². The highest BCUT2D eigenvalue weighted by molar-refractivity contribution is 7.88. The van der Waals surface area contributed by atoms with Gasteiger partial charge in [-0.1, -0.05) is 92.0 Å². The molecule has 1 heterocycles. The van der Waals surface area contributed by atoms with Crippen molar-refractivity contribution >= 4 is 39.6 Å². The number of benzene rings is 1. The van der Waals surface area contributed by atoms with Crippen molar-refractivity contribution in [3.8, 4) is 0 Å². The number of urea groups is 1. The van der Waals surface area contributed by atoms with Gasteiger partial charge in [0.15, 0.2) is 0 Å². The minimum Gasteiger partial charge on any atom is -0.349 e. The third-order valence-electron chi connectivity index (χ3n) is 11.7. The van der Waals surface area contributed by atoms with Crippen LogP contribution in [-0.2, 0) is 42.0 Å². The molecule has 4 rings (SSSR count). The molecule has 3 aliphatic rings. The molecule has 1 saturated heterocycles. The fourth-order valence-electron chi connectivity index (χ4n) is 8.03. The van der Waals surface area contributed by atoms with Crippen LogP contribution in [0.4, 0.5) is 4.79 Å². The van der Waals surface area contributed by atoms with Crippen molar-refractivity contribution in [2.75, 3.05) is 32.9 Å². The van der Waals surface area contributed by atoms with Crippen LogP contribution in [0.2, 0.25) is 0 Å². The minimum absolute atomic E-state index is 0.0323. The van der Waals surface area contributed by atoms with E-state index in [0.29, 0.717) is 38.8 Å². The molecule has 4 N–H and O–H groups in total. The van der Waals surface area contributed by atoms with Crippen LogP contribution in [0.3, 0.4) is 0 Å². The van der Waals surface area contributed by atoms with E-state index in [0.717, 1.165) is 36.6 Å². The van der Waals surface area contributed by atoms with Crippen LogP contribution in [0.15, 0.2) is 24.3 Å². The average molecular weight is 759 g/mol. The van der Waals surface area contributed by atoms with Gasteiger partial charge in [-0.3, -0.25) is 19.2 Å². The summed E-state index contributed by atoms with van der Waals surface area (Å²) in [7, 11) is -2.06. The van der Waals surface area contributed by atoms with Crippen LogP contribution >= 0.6 is 0 Å². The van der Waals surface area contributed by atoms with E-state index in [4.69, 9.17) is 0 Å². The predicted molar refractivity (Wildman–Crippen MR) is 204 cm³/mol. The lowest BCUT2D eigenvalue weighted by Crippen LogP contribution is -2.61. The van der Waals surface area contributed by atoms with Gasteiger partial charge in [-0.2, -0.15) is 0 Å². The minimum atomic E-state index is -3.52. The lowest BCUT2D eigenvalue weighted by molar-refractivity contribution is -0.144. The van der Waals surface area contributed by atoms with Gasteiger partial charge >= 0.3 is 6.03 Å². The quantitative estimate of drug-likeness (QED) is 0.140. The number of unbranched alkanes of at least 4 members (excludes halogenated alkanes) is 2. The summed E-state index contributed by atoms with van der Waals surface area (Å²) in [6.45, 7) is 14.5. The first-order valence-corrected chi connectivity index (χ1v) is 21.0. The van der Waals surface area contributed by atoms with Gasteiger partial charge in [0.25, 0.3) is 5.91 Å². The van der Waals surface area contributed by atoms with Gasteiger partial charge in [0.05, 0.1) is 12.3 Å². The molecule has 1 saturated carbocycles. The van der Waals surface area contributed by atoms with Crippen molar-refractivity contribution in [3.05, 3.63) is 35.4 Å². The molecule has 5 amide bonds. The molecule has 2 aliphatic carbocycles. The van der Waals surface area contributed by atoms with Crippen LogP contribution in [0.1, 0.15) is 91.7 Å². The zero-order chi connectivity index (χ0) is 39.5. The Morgan fingerprint density at radius 3 is 2.11 bits per heavy atom. The molecular formula is C39H62N6O7S. The summed E-state index contributed by atoms with van der Waals surface area (Å²) in [6, 6.07) is 3.83. The van der Waals surface area contributed by atoms with E-state index in [2.05, 4.69) is 35.1 Å². The molecule has 0 spiro atoms. The largest absolute Gasteiger partial charge is 0.349 e. The number of hydrogen-bond donors (Lipinski definition) is 4. The molecule has 53 heavy (non-hydrogen) atoms. The number of ketones is 1. The Kier molecular flexibility index (Phi) is 13.4. The fraction of sp³-hybridized carbons (Fsp3) is 0.718. The number of amides is 5. The molecule has 2 fully saturated rings. The Bertz CT molecular complexity index is 1620. The fourth-order valence-corrected chi connectivity index (χ4v) is 8.45. The normalized spacial score (nSPS) is 22.3. The number of piperidine rings is 1. The van der Waals surface area contributed by atoms with Crippen molar-refractivity contribution in [2.24, 2.45) is 28.6 Å². The Hall–Kier alpha value is -3.52. The van der Waals surface area contributed by atoms with E-state index in [1.54, 1.807) is 4.90 Å². The smallest absolute Gasteiger partial charge is 0.315 e. The molecule has 296 valence electrons. The number of sulfonamides is 1. The third kappa shape index (κ3) is 9.97.